The minimum absolute atomic E-state index is 1.13. The number of rotatable bonds is 4. The maximum Gasteiger partial charge on any atom is 0.298 e. The van der Waals surface area contributed by atoms with E-state index >= 15 is 0 Å². The van der Waals surface area contributed by atoms with Crippen molar-refractivity contribution in [1.82, 2.24) is 0 Å². The predicted molar refractivity (Wildman–Crippen MR) is 92.4 cm³/mol. The number of thiazole rings is 2. The maximum atomic E-state index is 2.36. The molecule has 6 heteroatoms. The first-order valence-corrected chi connectivity index (χ1v) is 10.3. The zero-order valence-corrected chi connectivity index (χ0v) is 15.4. The molecule has 2 nitrogen and oxygen atoms in total. The van der Waals surface area contributed by atoms with Crippen molar-refractivity contribution in [2.24, 2.45) is 14.1 Å². The van der Waals surface area contributed by atoms with Crippen molar-refractivity contribution in [2.75, 3.05) is 11.5 Å². The van der Waals surface area contributed by atoms with E-state index in [2.05, 4.69) is 49.2 Å². The van der Waals surface area contributed by atoms with E-state index in [0.717, 1.165) is 11.5 Å². The largest absolute Gasteiger partial charge is 0.298 e. The number of fused-ring (bicyclic) bond motifs is 2. The summed E-state index contributed by atoms with van der Waals surface area (Å²) in [4.78, 5) is 0. The fourth-order valence-electron chi connectivity index (χ4n) is 2.25. The summed E-state index contributed by atoms with van der Waals surface area (Å²) in [5, 5.41) is 0. The summed E-state index contributed by atoms with van der Waals surface area (Å²) in [6, 6.07) is 4.70. The van der Waals surface area contributed by atoms with Gasteiger partial charge in [-0.2, -0.15) is 9.13 Å². The molecule has 0 aliphatic rings. The molecular formula is C14H18N2S4+2. The second kappa shape index (κ2) is 5.83. The number of hydrogen-bond donors (Lipinski definition) is 0. The van der Waals surface area contributed by atoms with Crippen LogP contribution in [0.15, 0.2) is 20.8 Å². The number of aromatic nitrogens is 2. The predicted octanol–water partition coefficient (Wildman–Crippen LogP) is 3.99. The Balaban J connectivity index is 2.23. The van der Waals surface area contributed by atoms with Crippen LogP contribution in [-0.2, 0) is 14.1 Å². The van der Waals surface area contributed by atoms with Gasteiger partial charge in [-0.15, -0.1) is 0 Å². The van der Waals surface area contributed by atoms with Crippen molar-refractivity contribution in [3.63, 3.8) is 0 Å². The van der Waals surface area contributed by atoms with Crippen LogP contribution in [0.1, 0.15) is 13.8 Å². The first-order valence-electron chi connectivity index (χ1n) is 6.66. The molecule has 3 aromatic rings. The lowest BCUT2D eigenvalue weighted by Gasteiger charge is -1.90. The van der Waals surface area contributed by atoms with Crippen molar-refractivity contribution in [3.8, 4) is 0 Å². The molecule has 0 radical (unpaired) electrons. The van der Waals surface area contributed by atoms with Gasteiger partial charge in [0.2, 0.25) is 11.0 Å². The number of hydrogen-bond acceptors (Lipinski definition) is 4. The molecular weight excluding hydrogens is 324 g/mol. The molecule has 0 fully saturated rings. The molecule has 0 unspecified atom stereocenters. The zero-order chi connectivity index (χ0) is 14.3. The number of nitrogens with zero attached hydrogens (tertiary/aromatic N) is 2. The molecule has 0 amide bonds. The molecule has 1 aromatic carbocycles. The highest BCUT2D eigenvalue weighted by Gasteiger charge is 2.23. The van der Waals surface area contributed by atoms with Gasteiger partial charge in [-0.1, -0.05) is 36.5 Å². The van der Waals surface area contributed by atoms with Gasteiger partial charge in [-0.3, -0.25) is 0 Å². The molecule has 0 bridgehead atoms. The highest BCUT2D eigenvalue weighted by Crippen LogP contribution is 2.34. The van der Waals surface area contributed by atoms with Crippen LogP contribution >= 0.6 is 46.2 Å². The van der Waals surface area contributed by atoms with E-state index in [-0.39, 0.29) is 0 Å². The quantitative estimate of drug-likeness (QED) is 0.523. The number of thioether (sulfide) groups is 2. The molecule has 106 valence electrons. The molecule has 3 rings (SSSR count). The maximum absolute atomic E-state index is 2.36. The Hall–Kier alpha value is -0.300. The molecule has 0 aliphatic carbocycles. The molecule has 2 heterocycles. The third-order valence-electron chi connectivity index (χ3n) is 3.24. The van der Waals surface area contributed by atoms with E-state index < -0.39 is 0 Å². The molecule has 0 saturated carbocycles. The number of aryl methyl sites for hydroxylation is 2. The van der Waals surface area contributed by atoms with Crippen molar-refractivity contribution >= 4 is 66.6 Å². The van der Waals surface area contributed by atoms with Gasteiger partial charge in [0, 0.05) is 11.5 Å². The Morgan fingerprint density at radius 1 is 0.850 bits per heavy atom. The average molecular weight is 343 g/mol. The summed E-state index contributed by atoms with van der Waals surface area (Å²) in [7, 11) is 4.35. The summed E-state index contributed by atoms with van der Waals surface area (Å²) in [6.07, 6.45) is 0. The molecule has 0 spiro atoms. The number of benzene rings is 1. The second-order valence-corrected chi connectivity index (χ2v) is 9.59. The highest BCUT2D eigenvalue weighted by atomic mass is 32.2. The molecule has 0 saturated heterocycles. The first kappa shape index (κ1) is 14.6. The van der Waals surface area contributed by atoms with Crippen molar-refractivity contribution < 1.29 is 9.13 Å². The minimum atomic E-state index is 1.13. The Morgan fingerprint density at radius 2 is 1.30 bits per heavy atom. The van der Waals surface area contributed by atoms with Crippen LogP contribution in [0.3, 0.4) is 0 Å². The minimum Gasteiger partial charge on any atom is -0.179 e. The Bertz CT molecular complexity index is 711. The van der Waals surface area contributed by atoms with E-state index in [4.69, 9.17) is 0 Å². The van der Waals surface area contributed by atoms with Gasteiger partial charge in [0.1, 0.15) is 23.5 Å². The third kappa shape index (κ3) is 2.36. The van der Waals surface area contributed by atoms with Crippen molar-refractivity contribution in [1.29, 1.82) is 0 Å². The van der Waals surface area contributed by atoms with Gasteiger partial charge in [0.05, 0.1) is 6.07 Å². The SMILES string of the molecule is CCSc1sc2cc3sc(SCC)[n+](C)c3cc2[n+]1C. The first-order chi connectivity index (χ1) is 9.65. The summed E-state index contributed by atoms with van der Waals surface area (Å²) >= 11 is 7.67. The molecule has 20 heavy (non-hydrogen) atoms. The highest BCUT2D eigenvalue weighted by molar-refractivity contribution is 8.01. The van der Waals surface area contributed by atoms with Crippen LogP contribution < -0.4 is 9.13 Å². The topological polar surface area (TPSA) is 7.76 Å². The van der Waals surface area contributed by atoms with Gasteiger partial charge < -0.3 is 0 Å². The smallest absolute Gasteiger partial charge is 0.179 e. The van der Waals surface area contributed by atoms with Crippen molar-refractivity contribution in [3.05, 3.63) is 12.1 Å². The van der Waals surface area contributed by atoms with Crippen LogP contribution in [0.4, 0.5) is 0 Å². The normalized spacial score (nSPS) is 11.8. The van der Waals surface area contributed by atoms with Gasteiger partial charge in [-0.05, 0) is 29.6 Å². The van der Waals surface area contributed by atoms with E-state index in [1.807, 2.05) is 46.2 Å². The van der Waals surface area contributed by atoms with Crippen LogP contribution in [0.2, 0.25) is 0 Å². The lowest BCUT2D eigenvalue weighted by Crippen LogP contribution is -2.30. The lowest BCUT2D eigenvalue weighted by molar-refractivity contribution is -0.680. The fourth-order valence-corrected chi connectivity index (χ4v) is 6.92. The molecule has 0 N–H and O–H groups in total. The summed E-state index contributed by atoms with van der Waals surface area (Å²) in [6.45, 7) is 4.42. The van der Waals surface area contributed by atoms with E-state index in [1.54, 1.807) is 0 Å². The lowest BCUT2D eigenvalue weighted by atomic mass is 10.3. The van der Waals surface area contributed by atoms with E-state index in [0.29, 0.717) is 0 Å². The van der Waals surface area contributed by atoms with Gasteiger partial charge >= 0.3 is 0 Å². The van der Waals surface area contributed by atoms with Crippen LogP contribution in [0, 0.1) is 0 Å². The van der Waals surface area contributed by atoms with Crippen LogP contribution in [-0.4, -0.2) is 11.5 Å². The van der Waals surface area contributed by atoms with Gasteiger partial charge in [0.15, 0.2) is 0 Å². The summed E-state index contributed by atoms with van der Waals surface area (Å²) in [5.74, 6) is 2.25. The molecule has 0 aliphatic heterocycles. The van der Waals surface area contributed by atoms with E-state index in [9.17, 15) is 0 Å². The summed E-state index contributed by atoms with van der Waals surface area (Å²) < 4.78 is 10.2. The summed E-state index contributed by atoms with van der Waals surface area (Å²) in [5.41, 5.74) is 2.69. The van der Waals surface area contributed by atoms with Crippen LogP contribution in [0.5, 0.6) is 0 Å². The fraction of sp³-hybridized carbons (Fsp3) is 0.429. The van der Waals surface area contributed by atoms with Gasteiger partial charge in [0.25, 0.3) is 8.68 Å². The average Bonchev–Trinajstić information content (AvgIpc) is 2.89. The molecule has 0 atom stereocenters. The monoisotopic (exact) mass is 342 g/mol. The van der Waals surface area contributed by atoms with Crippen LogP contribution in [0.25, 0.3) is 20.4 Å². The van der Waals surface area contributed by atoms with Crippen molar-refractivity contribution in [2.45, 2.75) is 22.5 Å². The van der Waals surface area contributed by atoms with Gasteiger partial charge in [-0.25, -0.2) is 0 Å². The van der Waals surface area contributed by atoms with E-state index in [1.165, 1.54) is 29.1 Å². The molecule has 2 aromatic heterocycles. The third-order valence-corrected chi connectivity index (χ3v) is 8.06. The Kier molecular flexibility index (Phi) is 4.26. The zero-order valence-electron chi connectivity index (χ0n) is 12.1. The standard InChI is InChI=1S/C14H18N2S4/c1-5-17-13-15(3)9-7-10-12(8-11(9)19-13)20-14(16(10)4)18-6-2/h7-8H,5-6H2,1-4H3/q+2. The second-order valence-electron chi connectivity index (χ2n) is 4.51. The Labute approximate surface area is 135 Å². The Morgan fingerprint density at radius 3 is 1.70 bits per heavy atom.